The molecule has 0 aromatic heterocycles. The molecular formula is C27H35FN2O3. The molecule has 2 aromatic rings. The Morgan fingerprint density at radius 1 is 1.21 bits per heavy atom. The first-order chi connectivity index (χ1) is 16.0. The highest BCUT2D eigenvalue weighted by Gasteiger charge is 2.40. The van der Waals surface area contributed by atoms with Crippen molar-refractivity contribution in [3.8, 4) is 16.9 Å². The van der Waals surface area contributed by atoms with Gasteiger partial charge in [0.15, 0.2) is 0 Å². The van der Waals surface area contributed by atoms with E-state index in [0.29, 0.717) is 38.0 Å². The number of rotatable bonds is 8. The normalized spacial score (nSPS) is 20.5. The van der Waals surface area contributed by atoms with Gasteiger partial charge >= 0.3 is 0 Å². The molecule has 2 fully saturated rings. The van der Waals surface area contributed by atoms with Crippen molar-refractivity contribution < 1.29 is 18.7 Å². The van der Waals surface area contributed by atoms with E-state index in [2.05, 4.69) is 17.1 Å². The van der Waals surface area contributed by atoms with Gasteiger partial charge in [-0.2, -0.15) is 0 Å². The molecule has 1 amide bonds. The lowest BCUT2D eigenvalue weighted by molar-refractivity contribution is -0.136. The second kappa shape index (κ2) is 10.7. The highest BCUT2D eigenvalue weighted by molar-refractivity contribution is 5.83. The van der Waals surface area contributed by atoms with E-state index in [4.69, 9.17) is 9.47 Å². The summed E-state index contributed by atoms with van der Waals surface area (Å²) in [5.41, 5.74) is 2.26. The Morgan fingerprint density at radius 3 is 2.67 bits per heavy atom. The summed E-state index contributed by atoms with van der Waals surface area (Å²) in [6, 6.07) is 13.0. The van der Waals surface area contributed by atoms with E-state index in [9.17, 15) is 9.18 Å². The van der Waals surface area contributed by atoms with E-state index in [1.54, 1.807) is 13.2 Å². The molecule has 6 heteroatoms. The molecule has 0 saturated carbocycles. The van der Waals surface area contributed by atoms with Gasteiger partial charge in [-0.15, -0.1) is 0 Å². The average molecular weight is 455 g/mol. The fourth-order valence-corrected chi connectivity index (χ4v) is 5.29. The summed E-state index contributed by atoms with van der Waals surface area (Å²) in [5.74, 6) is 0.485. The number of carbonyl (C=O) groups is 1. The van der Waals surface area contributed by atoms with E-state index >= 15 is 0 Å². The molecule has 0 radical (unpaired) electrons. The molecular weight excluding hydrogens is 419 g/mol. The highest BCUT2D eigenvalue weighted by atomic mass is 19.1. The predicted molar refractivity (Wildman–Crippen MR) is 128 cm³/mol. The van der Waals surface area contributed by atoms with Crippen LogP contribution in [0.3, 0.4) is 0 Å². The summed E-state index contributed by atoms with van der Waals surface area (Å²) in [6.45, 7) is 6.27. The summed E-state index contributed by atoms with van der Waals surface area (Å²) >= 11 is 0. The summed E-state index contributed by atoms with van der Waals surface area (Å²) in [5, 5.41) is 3.28. The van der Waals surface area contributed by atoms with E-state index in [1.807, 2.05) is 24.3 Å². The maximum Gasteiger partial charge on any atom is 0.226 e. The average Bonchev–Trinajstić information content (AvgIpc) is 3.31. The van der Waals surface area contributed by atoms with Crippen molar-refractivity contribution in [2.75, 3.05) is 40.0 Å². The fraction of sp³-hybridized carbons (Fsp3) is 0.519. The number of benzene rings is 2. The van der Waals surface area contributed by atoms with Crippen LogP contribution in [0.2, 0.25) is 0 Å². The number of carbonyl (C=O) groups excluding carboxylic acids is 1. The lowest BCUT2D eigenvalue weighted by Crippen LogP contribution is -2.49. The summed E-state index contributed by atoms with van der Waals surface area (Å²) in [7, 11) is 1.59. The van der Waals surface area contributed by atoms with Crippen molar-refractivity contribution in [1.82, 2.24) is 10.2 Å². The molecule has 0 aliphatic carbocycles. The molecule has 0 unspecified atom stereocenters. The van der Waals surface area contributed by atoms with Crippen LogP contribution in [0.1, 0.15) is 38.2 Å². The van der Waals surface area contributed by atoms with Crippen molar-refractivity contribution in [2.45, 2.75) is 45.1 Å². The molecule has 33 heavy (non-hydrogen) atoms. The van der Waals surface area contributed by atoms with Crippen LogP contribution in [0.25, 0.3) is 11.1 Å². The van der Waals surface area contributed by atoms with Gasteiger partial charge in [-0.25, -0.2) is 4.39 Å². The second-order valence-electron chi connectivity index (χ2n) is 9.25. The van der Waals surface area contributed by atoms with Crippen LogP contribution in [0, 0.1) is 11.2 Å². The van der Waals surface area contributed by atoms with Crippen molar-refractivity contribution in [3.63, 3.8) is 0 Å². The molecule has 2 aromatic carbocycles. The van der Waals surface area contributed by atoms with Crippen molar-refractivity contribution in [1.29, 1.82) is 0 Å². The van der Waals surface area contributed by atoms with E-state index < -0.39 is 5.41 Å². The van der Waals surface area contributed by atoms with Crippen LogP contribution in [0.5, 0.6) is 5.75 Å². The van der Waals surface area contributed by atoms with Gasteiger partial charge in [-0.1, -0.05) is 31.2 Å². The number of halogens is 1. The van der Waals surface area contributed by atoms with Gasteiger partial charge in [0.05, 0.1) is 12.5 Å². The number of amides is 1. The SMILES string of the molecule is CCN1CCC[C@@H]1CNC(=O)C1(Cc2ccc(-c3cc(F)ccc3OC)cc2)CCOCC1. The minimum atomic E-state index is -0.452. The number of hydrogen-bond acceptors (Lipinski definition) is 4. The number of nitrogens with zero attached hydrogens (tertiary/aromatic N) is 1. The maximum absolute atomic E-state index is 13.8. The van der Waals surface area contributed by atoms with Crippen LogP contribution in [-0.2, 0) is 16.0 Å². The first-order valence-corrected chi connectivity index (χ1v) is 12.1. The van der Waals surface area contributed by atoms with Gasteiger partial charge in [0.2, 0.25) is 5.91 Å². The molecule has 2 saturated heterocycles. The van der Waals surface area contributed by atoms with Gasteiger partial charge in [-0.05, 0) is 74.5 Å². The Balaban J connectivity index is 1.48. The van der Waals surface area contributed by atoms with Crippen molar-refractivity contribution in [2.24, 2.45) is 5.41 Å². The molecule has 4 rings (SSSR count). The zero-order valence-electron chi connectivity index (χ0n) is 19.7. The lowest BCUT2D eigenvalue weighted by atomic mass is 9.74. The highest BCUT2D eigenvalue weighted by Crippen LogP contribution is 2.36. The summed E-state index contributed by atoms with van der Waals surface area (Å²) in [4.78, 5) is 15.9. The number of hydrogen-bond donors (Lipinski definition) is 1. The van der Waals surface area contributed by atoms with Crippen LogP contribution < -0.4 is 10.1 Å². The van der Waals surface area contributed by atoms with E-state index in [0.717, 1.165) is 49.0 Å². The minimum Gasteiger partial charge on any atom is -0.496 e. The summed E-state index contributed by atoms with van der Waals surface area (Å²) < 4.78 is 24.8. The van der Waals surface area contributed by atoms with Crippen LogP contribution in [0.15, 0.2) is 42.5 Å². The molecule has 2 aliphatic rings. The van der Waals surface area contributed by atoms with Gasteiger partial charge < -0.3 is 14.8 Å². The molecule has 1 atom stereocenters. The van der Waals surface area contributed by atoms with Crippen molar-refractivity contribution in [3.05, 3.63) is 53.8 Å². The molecule has 178 valence electrons. The maximum atomic E-state index is 13.8. The third-order valence-electron chi connectivity index (χ3n) is 7.30. The number of nitrogens with one attached hydrogen (secondary N) is 1. The number of likely N-dealkylation sites (N-methyl/N-ethyl adjacent to an activating group) is 1. The van der Waals surface area contributed by atoms with Crippen LogP contribution in [0.4, 0.5) is 4.39 Å². The monoisotopic (exact) mass is 454 g/mol. The number of ether oxygens (including phenoxy) is 2. The Labute approximate surface area is 196 Å². The Hall–Kier alpha value is -2.44. The molecule has 5 nitrogen and oxygen atoms in total. The zero-order chi connectivity index (χ0) is 23.3. The largest absolute Gasteiger partial charge is 0.496 e. The first-order valence-electron chi connectivity index (χ1n) is 12.1. The van der Waals surface area contributed by atoms with Crippen LogP contribution >= 0.6 is 0 Å². The molecule has 1 N–H and O–H groups in total. The number of methoxy groups -OCH3 is 1. The van der Waals surface area contributed by atoms with Gasteiger partial charge in [-0.3, -0.25) is 9.69 Å². The van der Waals surface area contributed by atoms with E-state index in [-0.39, 0.29) is 11.7 Å². The van der Waals surface area contributed by atoms with Gasteiger partial charge in [0.1, 0.15) is 11.6 Å². The minimum absolute atomic E-state index is 0.143. The lowest BCUT2D eigenvalue weighted by Gasteiger charge is -2.36. The topological polar surface area (TPSA) is 50.8 Å². The summed E-state index contributed by atoms with van der Waals surface area (Å²) in [6.07, 6.45) is 4.47. The van der Waals surface area contributed by atoms with Crippen molar-refractivity contribution >= 4 is 5.91 Å². The third-order valence-corrected chi connectivity index (χ3v) is 7.30. The molecule has 0 bridgehead atoms. The molecule has 2 heterocycles. The Kier molecular flexibility index (Phi) is 7.66. The standard InChI is InChI=1S/C27H35FN2O3/c1-3-30-14-4-5-23(30)19-29-26(31)27(12-15-33-16-13-27)18-20-6-8-21(9-7-20)24-17-22(28)10-11-25(24)32-2/h6-11,17,23H,3-5,12-16,18-19H2,1-2H3,(H,29,31)/t23-/m1/s1. The molecule has 2 aliphatic heterocycles. The van der Waals surface area contributed by atoms with Gasteiger partial charge in [0.25, 0.3) is 0 Å². The third kappa shape index (κ3) is 5.39. The quantitative estimate of drug-likeness (QED) is 0.641. The Morgan fingerprint density at radius 2 is 1.97 bits per heavy atom. The van der Waals surface area contributed by atoms with Crippen LogP contribution in [-0.4, -0.2) is 56.8 Å². The van der Waals surface area contributed by atoms with E-state index in [1.165, 1.54) is 18.6 Å². The zero-order valence-corrected chi connectivity index (χ0v) is 19.7. The number of likely N-dealkylation sites (tertiary alicyclic amines) is 1. The Bertz CT molecular complexity index is 941. The van der Waals surface area contributed by atoms with Gasteiger partial charge in [0, 0.05) is 31.4 Å². The first kappa shape index (κ1) is 23.7. The predicted octanol–water partition coefficient (Wildman–Crippen LogP) is 4.44. The fourth-order valence-electron chi connectivity index (χ4n) is 5.29. The second-order valence-corrected chi connectivity index (χ2v) is 9.25. The molecule has 0 spiro atoms. The smallest absolute Gasteiger partial charge is 0.226 e.